The third-order valence-electron chi connectivity index (χ3n) is 5.80. The molecule has 2 aliphatic heterocycles. The van der Waals surface area contributed by atoms with Crippen LogP contribution in [0.25, 0.3) is 0 Å². The van der Waals surface area contributed by atoms with Gasteiger partial charge >= 0.3 is 0 Å². The standard InChI is InChI=1S/C23H28FN3O3S/c24-19-5-3-17(4-6-19)16-31-23-20(2-1-8-25-23)22(28)26-14-21(18-7-11-30-15-18)27-9-12-29-13-10-27/h1-6,8,18,21H,7,9-16H2,(H,26,28). The van der Waals surface area contributed by atoms with Crippen molar-refractivity contribution in [2.24, 2.45) is 5.92 Å². The molecule has 2 aromatic rings. The zero-order valence-electron chi connectivity index (χ0n) is 17.5. The highest BCUT2D eigenvalue weighted by Gasteiger charge is 2.32. The molecule has 4 rings (SSSR count). The van der Waals surface area contributed by atoms with E-state index in [1.165, 1.54) is 23.9 Å². The van der Waals surface area contributed by atoms with Gasteiger partial charge in [-0.3, -0.25) is 9.69 Å². The zero-order chi connectivity index (χ0) is 21.5. The lowest BCUT2D eigenvalue weighted by Crippen LogP contribution is -2.52. The first-order valence-corrected chi connectivity index (χ1v) is 11.7. The van der Waals surface area contributed by atoms with Crippen molar-refractivity contribution in [3.05, 3.63) is 59.5 Å². The second kappa shape index (κ2) is 11.0. The Morgan fingerprint density at radius 3 is 2.74 bits per heavy atom. The average molecular weight is 446 g/mol. The number of hydrogen-bond donors (Lipinski definition) is 1. The molecule has 2 unspecified atom stereocenters. The lowest BCUT2D eigenvalue weighted by Gasteiger charge is -2.37. The monoisotopic (exact) mass is 445 g/mol. The summed E-state index contributed by atoms with van der Waals surface area (Å²) in [5.41, 5.74) is 1.55. The number of thioether (sulfide) groups is 1. The molecule has 3 heterocycles. The van der Waals surface area contributed by atoms with Gasteiger partial charge in [0.15, 0.2) is 0 Å². The molecule has 2 fully saturated rings. The first kappa shape index (κ1) is 22.2. The van der Waals surface area contributed by atoms with E-state index >= 15 is 0 Å². The maximum Gasteiger partial charge on any atom is 0.254 e. The van der Waals surface area contributed by atoms with Gasteiger partial charge in [-0.15, -0.1) is 11.8 Å². The van der Waals surface area contributed by atoms with Gasteiger partial charge in [-0.05, 0) is 36.2 Å². The third-order valence-corrected chi connectivity index (χ3v) is 6.88. The number of rotatable bonds is 8. The van der Waals surface area contributed by atoms with E-state index in [2.05, 4.69) is 15.2 Å². The van der Waals surface area contributed by atoms with E-state index in [-0.39, 0.29) is 17.8 Å². The number of hydrogen-bond acceptors (Lipinski definition) is 6. The van der Waals surface area contributed by atoms with Crippen LogP contribution in [0.1, 0.15) is 22.3 Å². The molecule has 1 aromatic carbocycles. The number of aromatic nitrogens is 1. The van der Waals surface area contributed by atoms with Crippen molar-refractivity contribution in [3.63, 3.8) is 0 Å². The minimum Gasteiger partial charge on any atom is -0.381 e. The van der Waals surface area contributed by atoms with Crippen molar-refractivity contribution in [3.8, 4) is 0 Å². The molecule has 1 amide bonds. The fourth-order valence-electron chi connectivity index (χ4n) is 4.06. The fraction of sp³-hybridized carbons (Fsp3) is 0.478. The zero-order valence-corrected chi connectivity index (χ0v) is 18.3. The average Bonchev–Trinajstić information content (AvgIpc) is 3.34. The van der Waals surface area contributed by atoms with Crippen LogP contribution in [-0.4, -0.2) is 67.9 Å². The quantitative estimate of drug-likeness (QED) is 0.631. The molecule has 1 N–H and O–H groups in total. The van der Waals surface area contributed by atoms with Crippen LogP contribution in [0.3, 0.4) is 0 Å². The second-order valence-electron chi connectivity index (χ2n) is 7.82. The summed E-state index contributed by atoms with van der Waals surface area (Å²) in [6.07, 6.45) is 2.71. The van der Waals surface area contributed by atoms with Gasteiger partial charge in [0.25, 0.3) is 5.91 Å². The lowest BCUT2D eigenvalue weighted by atomic mass is 9.96. The highest BCUT2D eigenvalue weighted by molar-refractivity contribution is 7.98. The lowest BCUT2D eigenvalue weighted by molar-refractivity contribution is 0.00165. The highest BCUT2D eigenvalue weighted by atomic mass is 32.2. The summed E-state index contributed by atoms with van der Waals surface area (Å²) in [6.45, 7) is 5.31. The molecule has 6 nitrogen and oxygen atoms in total. The number of morpholine rings is 1. The van der Waals surface area contributed by atoms with Crippen molar-refractivity contribution in [2.45, 2.75) is 23.2 Å². The van der Waals surface area contributed by atoms with Gasteiger partial charge in [0, 0.05) is 50.2 Å². The molecule has 2 aliphatic rings. The van der Waals surface area contributed by atoms with Crippen LogP contribution in [0, 0.1) is 11.7 Å². The Morgan fingerprint density at radius 2 is 2.00 bits per heavy atom. The predicted octanol–water partition coefficient (Wildman–Crippen LogP) is 2.98. The number of benzene rings is 1. The van der Waals surface area contributed by atoms with Crippen LogP contribution in [-0.2, 0) is 15.2 Å². The van der Waals surface area contributed by atoms with E-state index in [0.29, 0.717) is 28.8 Å². The summed E-state index contributed by atoms with van der Waals surface area (Å²) >= 11 is 1.48. The SMILES string of the molecule is O=C(NCC(C1CCOC1)N1CCOCC1)c1cccnc1SCc1ccc(F)cc1. The maximum absolute atomic E-state index is 13.1. The Labute approximate surface area is 186 Å². The number of halogens is 1. The topological polar surface area (TPSA) is 63.7 Å². The Bertz CT molecular complexity index is 855. The Hall–Kier alpha value is -2.00. The van der Waals surface area contributed by atoms with Gasteiger partial charge in [0.1, 0.15) is 10.8 Å². The molecule has 0 bridgehead atoms. The van der Waals surface area contributed by atoms with Crippen molar-refractivity contribution in [1.82, 2.24) is 15.2 Å². The van der Waals surface area contributed by atoms with Crippen molar-refractivity contribution in [2.75, 3.05) is 46.1 Å². The Kier molecular flexibility index (Phi) is 7.91. The summed E-state index contributed by atoms with van der Waals surface area (Å²) in [5.74, 6) is 0.661. The number of pyridine rings is 1. The number of nitrogens with zero attached hydrogens (tertiary/aromatic N) is 2. The summed E-state index contributed by atoms with van der Waals surface area (Å²) in [7, 11) is 0. The van der Waals surface area contributed by atoms with Crippen molar-refractivity contribution < 1.29 is 18.7 Å². The molecule has 0 spiro atoms. The molecule has 31 heavy (non-hydrogen) atoms. The Morgan fingerprint density at radius 1 is 1.19 bits per heavy atom. The van der Waals surface area contributed by atoms with Gasteiger partial charge in [-0.1, -0.05) is 12.1 Å². The number of nitrogens with one attached hydrogen (secondary N) is 1. The fourth-order valence-corrected chi connectivity index (χ4v) is 5.01. The van der Waals surface area contributed by atoms with Crippen LogP contribution >= 0.6 is 11.8 Å². The second-order valence-corrected chi connectivity index (χ2v) is 8.78. The van der Waals surface area contributed by atoms with Crippen molar-refractivity contribution in [1.29, 1.82) is 0 Å². The van der Waals surface area contributed by atoms with E-state index in [1.54, 1.807) is 30.5 Å². The van der Waals surface area contributed by atoms with Gasteiger partial charge in [-0.25, -0.2) is 9.37 Å². The van der Waals surface area contributed by atoms with Gasteiger partial charge in [0.2, 0.25) is 0 Å². The van der Waals surface area contributed by atoms with E-state index in [9.17, 15) is 9.18 Å². The number of ether oxygens (including phenoxy) is 2. The van der Waals surface area contributed by atoms with Gasteiger partial charge < -0.3 is 14.8 Å². The molecular formula is C23H28FN3O3S. The largest absolute Gasteiger partial charge is 0.381 e. The molecule has 2 atom stereocenters. The summed E-state index contributed by atoms with van der Waals surface area (Å²) in [6, 6.07) is 10.2. The van der Waals surface area contributed by atoms with E-state index in [0.717, 1.165) is 51.5 Å². The van der Waals surface area contributed by atoms with Crippen LogP contribution in [0.15, 0.2) is 47.6 Å². The minimum absolute atomic E-state index is 0.119. The van der Waals surface area contributed by atoms with Gasteiger partial charge in [0.05, 0.1) is 25.4 Å². The molecule has 2 saturated heterocycles. The number of amides is 1. The number of carbonyl (C=O) groups excluding carboxylic acids is 1. The van der Waals surface area contributed by atoms with Crippen LogP contribution in [0.2, 0.25) is 0 Å². The first-order chi connectivity index (χ1) is 15.2. The molecular weight excluding hydrogens is 417 g/mol. The predicted molar refractivity (Wildman–Crippen MR) is 118 cm³/mol. The number of carbonyl (C=O) groups is 1. The van der Waals surface area contributed by atoms with E-state index in [1.807, 2.05) is 0 Å². The molecule has 166 valence electrons. The molecule has 1 aromatic heterocycles. The smallest absolute Gasteiger partial charge is 0.254 e. The Balaban J connectivity index is 1.39. The maximum atomic E-state index is 13.1. The molecule has 8 heteroatoms. The van der Waals surface area contributed by atoms with E-state index < -0.39 is 0 Å². The van der Waals surface area contributed by atoms with Crippen LogP contribution in [0.4, 0.5) is 4.39 Å². The first-order valence-electron chi connectivity index (χ1n) is 10.7. The summed E-state index contributed by atoms with van der Waals surface area (Å²) in [4.78, 5) is 19.9. The third kappa shape index (κ3) is 6.04. The minimum atomic E-state index is -0.255. The van der Waals surface area contributed by atoms with Crippen LogP contribution in [0.5, 0.6) is 0 Å². The summed E-state index contributed by atoms with van der Waals surface area (Å²) in [5, 5.41) is 3.82. The molecule has 0 aliphatic carbocycles. The van der Waals surface area contributed by atoms with E-state index in [4.69, 9.17) is 9.47 Å². The van der Waals surface area contributed by atoms with Gasteiger partial charge in [-0.2, -0.15) is 0 Å². The summed E-state index contributed by atoms with van der Waals surface area (Å²) < 4.78 is 24.2. The normalized spacial score (nSPS) is 20.5. The van der Waals surface area contributed by atoms with Crippen molar-refractivity contribution >= 4 is 17.7 Å². The molecule has 0 radical (unpaired) electrons. The highest BCUT2D eigenvalue weighted by Crippen LogP contribution is 2.25. The molecule has 0 saturated carbocycles. The van der Waals surface area contributed by atoms with Crippen LogP contribution < -0.4 is 5.32 Å².